The van der Waals surface area contributed by atoms with E-state index in [1.165, 1.54) is 4.90 Å². The van der Waals surface area contributed by atoms with E-state index in [-0.39, 0.29) is 11.8 Å². The first-order valence-corrected chi connectivity index (χ1v) is 6.60. The van der Waals surface area contributed by atoms with Crippen molar-refractivity contribution in [2.75, 3.05) is 33.2 Å². The maximum absolute atomic E-state index is 12.2. The molecule has 1 heterocycles. The lowest BCUT2D eigenvalue weighted by Crippen LogP contribution is -2.51. The number of nitrogens with zero attached hydrogens (tertiary/aromatic N) is 2. The summed E-state index contributed by atoms with van der Waals surface area (Å²) >= 11 is 0. The van der Waals surface area contributed by atoms with Crippen LogP contribution in [0.1, 0.15) is 12.8 Å². The lowest BCUT2D eigenvalue weighted by Gasteiger charge is -2.34. The van der Waals surface area contributed by atoms with Crippen molar-refractivity contribution >= 4 is 23.8 Å². The highest BCUT2D eigenvalue weighted by molar-refractivity contribution is 5.86. The van der Waals surface area contributed by atoms with Gasteiger partial charge in [0.25, 0.3) is 0 Å². The lowest BCUT2D eigenvalue weighted by atomic mass is 9.96. The van der Waals surface area contributed by atoms with Crippen LogP contribution < -0.4 is 11.1 Å². The number of rotatable bonds is 5. The van der Waals surface area contributed by atoms with Gasteiger partial charge in [0.05, 0.1) is 0 Å². The van der Waals surface area contributed by atoms with Gasteiger partial charge in [0.15, 0.2) is 0 Å². The van der Waals surface area contributed by atoms with Crippen molar-refractivity contribution < 1.29 is 24.3 Å². The number of amides is 4. The van der Waals surface area contributed by atoms with Crippen molar-refractivity contribution in [1.82, 2.24) is 15.1 Å². The molecule has 0 atom stereocenters. The minimum Gasteiger partial charge on any atom is -0.480 e. The van der Waals surface area contributed by atoms with Gasteiger partial charge in [-0.15, -0.1) is 0 Å². The number of carboxylic acid groups (broad SMARTS) is 1. The molecule has 1 saturated heterocycles. The molecule has 4 N–H and O–H groups in total. The van der Waals surface area contributed by atoms with E-state index in [4.69, 9.17) is 10.8 Å². The topological polar surface area (TPSA) is 133 Å². The number of carbonyl (C=O) groups is 4. The van der Waals surface area contributed by atoms with Crippen molar-refractivity contribution in [3.63, 3.8) is 0 Å². The molecule has 21 heavy (non-hydrogen) atoms. The maximum atomic E-state index is 12.2. The molecule has 1 aliphatic heterocycles. The smallest absolute Gasteiger partial charge is 0.323 e. The van der Waals surface area contributed by atoms with Crippen LogP contribution >= 0.6 is 0 Å². The first-order valence-electron chi connectivity index (χ1n) is 6.60. The second-order valence-electron chi connectivity index (χ2n) is 4.87. The average Bonchev–Trinajstić information content (AvgIpc) is 2.44. The van der Waals surface area contributed by atoms with Gasteiger partial charge in [-0.3, -0.25) is 14.4 Å². The molecule has 9 nitrogen and oxygen atoms in total. The molecule has 1 fully saturated rings. The van der Waals surface area contributed by atoms with Crippen LogP contribution in [0.2, 0.25) is 0 Å². The third kappa shape index (κ3) is 4.93. The molecular formula is C12H20N4O5. The standard InChI is InChI=1S/C12H20N4O5/c1-14-11(20)8-2-4-15(5-3-8)12(21)16(6-9(13)17)7-10(18)19/h8H,2-7H2,1H3,(H2,13,17)(H,14,20)(H,18,19). The number of urea groups is 1. The quantitative estimate of drug-likeness (QED) is 0.564. The summed E-state index contributed by atoms with van der Waals surface area (Å²) in [6.07, 6.45) is 1.01. The monoisotopic (exact) mass is 300 g/mol. The number of carboxylic acids is 1. The summed E-state index contributed by atoms with van der Waals surface area (Å²) in [5.41, 5.74) is 5.02. The zero-order valence-electron chi connectivity index (χ0n) is 11.9. The van der Waals surface area contributed by atoms with Gasteiger partial charge >= 0.3 is 12.0 Å². The molecule has 0 spiro atoms. The summed E-state index contributed by atoms with van der Waals surface area (Å²) < 4.78 is 0. The van der Waals surface area contributed by atoms with E-state index in [2.05, 4.69) is 5.32 Å². The van der Waals surface area contributed by atoms with E-state index in [9.17, 15) is 19.2 Å². The molecular weight excluding hydrogens is 280 g/mol. The van der Waals surface area contributed by atoms with E-state index >= 15 is 0 Å². The number of hydrogen-bond acceptors (Lipinski definition) is 4. The Kier molecular flexibility index (Phi) is 5.94. The fourth-order valence-corrected chi connectivity index (χ4v) is 2.28. The van der Waals surface area contributed by atoms with Crippen LogP contribution in [0.5, 0.6) is 0 Å². The van der Waals surface area contributed by atoms with Crippen LogP contribution in [0.15, 0.2) is 0 Å². The number of nitrogens with two attached hydrogens (primary N) is 1. The fourth-order valence-electron chi connectivity index (χ4n) is 2.28. The first-order chi connectivity index (χ1) is 9.85. The van der Waals surface area contributed by atoms with Crippen LogP contribution in [-0.4, -0.2) is 71.9 Å². The van der Waals surface area contributed by atoms with Gasteiger partial charge < -0.3 is 26.0 Å². The van der Waals surface area contributed by atoms with Gasteiger partial charge in [0, 0.05) is 26.1 Å². The Hall–Kier alpha value is -2.32. The SMILES string of the molecule is CNC(=O)C1CCN(C(=O)N(CC(N)=O)CC(=O)O)CC1. The van der Waals surface area contributed by atoms with Gasteiger partial charge in [-0.25, -0.2) is 4.79 Å². The summed E-state index contributed by atoms with van der Waals surface area (Å²) in [4.78, 5) is 47.7. The number of piperidine rings is 1. The zero-order chi connectivity index (χ0) is 16.0. The van der Waals surface area contributed by atoms with Crippen LogP contribution in [0.25, 0.3) is 0 Å². The van der Waals surface area contributed by atoms with Gasteiger partial charge in [-0.2, -0.15) is 0 Å². The van der Waals surface area contributed by atoms with Crippen LogP contribution in [-0.2, 0) is 14.4 Å². The van der Waals surface area contributed by atoms with Crippen molar-refractivity contribution in [3.8, 4) is 0 Å². The second-order valence-corrected chi connectivity index (χ2v) is 4.87. The van der Waals surface area contributed by atoms with Crippen molar-refractivity contribution in [2.24, 2.45) is 11.7 Å². The van der Waals surface area contributed by atoms with E-state index < -0.39 is 31.0 Å². The maximum Gasteiger partial charge on any atom is 0.323 e. The highest BCUT2D eigenvalue weighted by Crippen LogP contribution is 2.18. The highest BCUT2D eigenvalue weighted by Gasteiger charge is 2.30. The molecule has 4 amide bonds. The van der Waals surface area contributed by atoms with Crippen LogP contribution in [0, 0.1) is 5.92 Å². The van der Waals surface area contributed by atoms with Crippen molar-refractivity contribution in [3.05, 3.63) is 0 Å². The Morgan fingerprint density at radius 1 is 1.24 bits per heavy atom. The summed E-state index contributed by atoms with van der Waals surface area (Å²) in [5, 5.41) is 11.3. The van der Waals surface area contributed by atoms with E-state index in [1.54, 1.807) is 7.05 Å². The number of carbonyl (C=O) groups excluding carboxylic acids is 3. The van der Waals surface area contributed by atoms with Gasteiger partial charge in [-0.05, 0) is 12.8 Å². The van der Waals surface area contributed by atoms with Crippen LogP contribution in [0.3, 0.4) is 0 Å². The molecule has 0 aromatic carbocycles. The first kappa shape index (κ1) is 16.7. The molecule has 1 aliphatic rings. The van der Waals surface area contributed by atoms with Crippen molar-refractivity contribution in [2.45, 2.75) is 12.8 Å². The van der Waals surface area contributed by atoms with E-state index in [0.29, 0.717) is 25.9 Å². The second kappa shape index (κ2) is 7.46. The molecule has 0 aromatic rings. The largest absolute Gasteiger partial charge is 0.480 e. The molecule has 0 aromatic heterocycles. The average molecular weight is 300 g/mol. The number of likely N-dealkylation sites (tertiary alicyclic amines) is 1. The summed E-state index contributed by atoms with van der Waals surface area (Å²) in [6.45, 7) is -0.352. The summed E-state index contributed by atoms with van der Waals surface area (Å²) in [5.74, 6) is -2.21. The predicted octanol–water partition coefficient (Wildman–Crippen LogP) is -1.56. The Bertz CT molecular complexity index is 415. The van der Waals surface area contributed by atoms with Crippen molar-refractivity contribution in [1.29, 1.82) is 0 Å². The molecule has 0 radical (unpaired) electrons. The Balaban J connectivity index is 2.62. The molecule has 1 rings (SSSR count). The van der Waals surface area contributed by atoms with E-state index in [0.717, 1.165) is 4.90 Å². The van der Waals surface area contributed by atoms with Gasteiger partial charge in [0.2, 0.25) is 11.8 Å². The minimum atomic E-state index is -1.22. The third-order valence-corrected chi connectivity index (χ3v) is 3.33. The number of aliphatic carboxylic acids is 1. The Morgan fingerprint density at radius 3 is 2.24 bits per heavy atom. The number of hydrogen-bond donors (Lipinski definition) is 3. The zero-order valence-corrected chi connectivity index (χ0v) is 11.9. The number of nitrogens with one attached hydrogen (secondary N) is 1. The van der Waals surface area contributed by atoms with Gasteiger partial charge in [-0.1, -0.05) is 0 Å². The summed E-state index contributed by atoms with van der Waals surface area (Å²) in [6, 6.07) is -0.549. The fraction of sp³-hybridized carbons (Fsp3) is 0.667. The molecule has 118 valence electrons. The Morgan fingerprint density at radius 2 is 1.81 bits per heavy atom. The predicted molar refractivity (Wildman–Crippen MR) is 72.2 cm³/mol. The molecule has 0 unspecified atom stereocenters. The Labute approximate surface area is 122 Å². The minimum absolute atomic E-state index is 0.0679. The van der Waals surface area contributed by atoms with Crippen LogP contribution in [0.4, 0.5) is 4.79 Å². The number of primary amides is 1. The molecule has 0 bridgehead atoms. The molecule has 0 saturated carbocycles. The summed E-state index contributed by atoms with van der Waals surface area (Å²) in [7, 11) is 1.56. The van der Waals surface area contributed by atoms with E-state index in [1.807, 2.05) is 0 Å². The highest BCUT2D eigenvalue weighted by atomic mass is 16.4. The third-order valence-electron chi connectivity index (χ3n) is 3.33. The molecule has 9 heteroatoms. The molecule has 0 aliphatic carbocycles. The lowest BCUT2D eigenvalue weighted by molar-refractivity contribution is -0.138. The normalized spacial score (nSPS) is 15.4. The van der Waals surface area contributed by atoms with Gasteiger partial charge in [0.1, 0.15) is 13.1 Å².